The Morgan fingerprint density at radius 2 is 1.93 bits per heavy atom. The number of carbonyl (C=O) groups is 3. The van der Waals surface area contributed by atoms with Crippen LogP contribution in [-0.4, -0.2) is 35.9 Å². The molecule has 27 heavy (non-hydrogen) atoms. The van der Waals surface area contributed by atoms with Gasteiger partial charge in [0.05, 0.1) is 6.26 Å². The predicted octanol–water partition coefficient (Wildman–Crippen LogP) is 1.94. The number of benzene rings is 1. The second-order valence-electron chi connectivity index (χ2n) is 5.69. The molecule has 0 radical (unpaired) electrons. The fourth-order valence-corrected chi connectivity index (χ4v) is 2.77. The third-order valence-corrected chi connectivity index (χ3v) is 4.31. The van der Waals surface area contributed by atoms with E-state index >= 15 is 0 Å². The van der Waals surface area contributed by atoms with Crippen molar-refractivity contribution in [3.63, 3.8) is 0 Å². The molecule has 9 heteroatoms. The standard InChI is InChI=1S/C18H22N4O4S/c1-27-10-8-14(22-18(19)25)16(23)20-11-12-4-6-13(7-5-12)21-17(24)15-3-2-9-26-15/h2-7,9,14H,8,10-11H2,1H3,(H,20,23)(H,21,24)(H3,19,22,25). The summed E-state index contributed by atoms with van der Waals surface area (Å²) < 4.78 is 5.03. The lowest BCUT2D eigenvalue weighted by atomic mass is 10.1. The number of hydrogen-bond donors (Lipinski definition) is 4. The zero-order valence-electron chi connectivity index (χ0n) is 14.9. The highest BCUT2D eigenvalue weighted by Crippen LogP contribution is 2.12. The van der Waals surface area contributed by atoms with Crippen molar-refractivity contribution in [2.45, 2.75) is 19.0 Å². The van der Waals surface area contributed by atoms with E-state index < -0.39 is 12.1 Å². The Balaban J connectivity index is 1.86. The maximum Gasteiger partial charge on any atom is 0.312 e. The Hall–Kier alpha value is -2.94. The maximum absolute atomic E-state index is 12.2. The topological polar surface area (TPSA) is 126 Å². The molecule has 2 aromatic rings. The van der Waals surface area contributed by atoms with Crippen LogP contribution in [0.5, 0.6) is 0 Å². The zero-order chi connectivity index (χ0) is 19.6. The molecule has 0 spiro atoms. The molecule has 1 unspecified atom stereocenters. The van der Waals surface area contributed by atoms with E-state index in [0.717, 1.165) is 11.3 Å². The molecular formula is C18H22N4O4S. The molecule has 4 amide bonds. The first-order chi connectivity index (χ1) is 13.0. The number of anilines is 1. The lowest BCUT2D eigenvalue weighted by Crippen LogP contribution is -2.48. The van der Waals surface area contributed by atoms with Crippen LogP contribution in [0.4, 0.5) is 10.5 Å². The van der Waals surface area contributed by atoms with Gasteiger partial charge in [-0.15, -0.1) is 0 Å². The molecule has 0 saturated carbocycles. The van der Waals surface area contributed by atoms with Crippen LogP contribution in [0.15, 0.2) is 47.1 Å². The smallest absolute Gasteiger partial charge is 0.312 e. The van der Waals surface area contributed by atoms with Gasteiger partial charge in [0.15, 0.2) is 5.76 Å². The van der Waals surface area contributed by atoms with E-state index in [4.69, 9.17) is 10.2 Å². The van der Waals surface area contributed by atoms with Crippen LogP contribution in [-0.2, 0) is 11.3 Å². The molecule has 0 fully saturated rings. The first-order valence-electron chi connectivity index (χ1n) is 8.26. The molecule has 0 bridgehead atoms. The van der Waals surface area contributed by atoms with Crippen LogP contribution in [0.2, 0.25) is 0 Å². The highest BCUT2D eigenvalue weighted by molar-refractivity contribution is 7.98. The fourth-order valence-electron chi connectivity index (χ4n) is 2.29. The van der Waals surface area contributed by atoms with E-state index in [1.807, 2.05) is 6.26 Å². The molecule has 1 heterocycles. The normalized spacial score (nSPS) is 11.4. The number of urea groups is 1. The molecule has 144 valence electrons. The highest BCUT2D eigenvalue weighted by atomic mass is 32.2. The van der Waals surface area contributed by atoms with Crippen molar-refractivity contribution in [1.82, 2.24) is 10.6 Å². The van der Waals surface area contributed by atoms with Crippen molar-refractivity contribution >= 4 is 35.3 Å². The fraction of sp³-hybridized carbons (Fsp3) is 0.278. The molecule has 2 rings (SSSR count). The Kier molecular flexibility index (Phi) is 7.75. The van der Waals surface area contributed by atoms with E-state index in [9.17, 15) is 14.4 Å². The monoisotopic (exact) mass is 390 g/mol. The number of furan rings is 1. The maximum atomic E-state index is 12.2. The second-order valence-corrected chi connectivity index (χ2v) is 6.67. The minimum Gasteiger partial charge on any atom is -0.459 e. The van der Waals surface area contributed by atoms with Gasteiger partial charge >= 0.3 is 6.03 Å². The number of hydrogen-bond acceptors (Lipinski definition) is 5. The van der Waals surface area contributed by atoms with Gasteiger partial charge in [-0.1, -0.05) is 12.1 Å². The molecular weight excluding hydrogens is 368 g/mol. The van der Waals surface area contributed by atoms with Crippen molar-refractivity contribution < 1.29 is 18.8 Å². The van der Waals surface area contributed by atoms with Gasteiger partial charge < -0.3 is 26.1 Å². The van der Waals surface area contributed by atoms with Gasteiger partial charge in [-0.25, -0.2) is 4.79 Å². The SMILES string of the molecule is CSCCC(NC(N)=O)C(=O)NCc1ccc(NC(=O)c2ccco2)cc1. The highest BCUT2D eigenvalue weighted by Gasteiger charge is 2.19. The molecule has 5 N–H and O–H groups in total. The van der Waals surface area contributed by atoms with E-state index in [-0.39, 0.29) is 17.6 Å². The summed E-state index contributed by atoms with van der Waals surface area (Å²) in [7, 11) is 0. The van der Waals surface area contributed by atoms with Crippen molar-refractivity contribution in [2.24, 2.45) is 5.73 Å². The molecule has 1 aromatic heterocycles. The van der Waals surface area contributed by atoms with E-state index in [2.05, 4.69) is 16.0 Å². The summed E-state index contributed by atoms with van der Waals surface area (Å²) >= 11 is 1.58. The Morgan fingerprint density at radius 1 is 1.19 bits per heavy atom. The van der Waals surface area contributed by atoms with Crippen molar-refractivity contribution in [1.29, 1.82) is 0 Å². The Labute approximate surface area is 161 Å². The molecule has 1 aromatic carbocycles. The number of rotatable bonds is 9. The van der Waals surface area contributed by atoms with Crippen molar-refractivity contribution in [2.75, 3.05) is 17.3 Å². The summed E-state index contributed by atoms with van der Waals surface area (Å²) in [6.45, 7) is 0.293. The van der Waals surface area contributed by atoms with Gasteiger partial charge in [0.25, 0.3) is 5.91 Å². The predicted molar refractivity (Wildman–Crippen MR) is 104 cm³/mol. The molecule has 0 aliphatic heterocycles. The molecule has 0 aliphatic carbocycles. The van der Waals surface area contributed by atoms with Gasteiger partial charge in [-0.2, -0.15) is 11.8 Å². The lowest BCUT2D eigenvalue weighted by Gasteiger charge is -2.17. The van der Waals surface area contributed by atoms with Crippen molar-refractivity contribution in [3.05, 3.63) is 54.0 Å². The first kappa shape index (κ1) is 20.4. The largest absolute Gasteiger partial charge is 0.459 e. The van der Waals surface area contributed by atoms with E-state index in [0.29, 0.717) is 18.7 Å². The van der Waals surface area contributed by atoms with E-state index in [1.165, 1.54) is 6.26 Å². The average Bonchev–Trinajstić information content (AvgIpc) is 3.19. The zero-order valence-corrected chi connectivity index (χ0v) is 15.7. The Bertz CT molecular complexity index is 762. The third-order valence-electron chi connectivity index (χ3n) is 3.67. The third kappa shape index (κ3) is 6.70. The summed E-state index contributed by atoms with van der Waals surface area (Å²) in [5.74, 6) is 0.320. The van der Waals surface area contributed by atoms with E-state index in [1.54, 1.807) is 48.2 Å². The Morgan fingerprint density at radius 3 is 2.52 bits per heavy atom. The van der Waals surface area contributed by atoms with Crippen LogP contribution < -0.4 is 21.7 Å². The summed E-state index contributed by atoms with van der Waals surface area (Å²) in [5, 5.41) is 7.94. The molecule has 0 saturated heterocycles. The lowest BCUT2D eigenvalue weighted by molar-refractivity contribution is -0.123. The average molecular weight is 390 g/mol. The van der Waals surface area contributed by atoms with Gasteiger partial charge in [-0.3, -0.25) is 9.59 Å². The van der Waals surface area contributed by atoms with Crippen LogP contribution >= 0.6 is 11.8 Å². The second kappa shape index (κ2) is 10.3. The van der Waals surface area contributed by atoms with Gasteiger partial charge in [0.2, 0.25) is 5.91 Å². The number of nitrogens with one attached hydrogen (secondary N) is 3. The van der Waals surface area contributed by atoms with Crippen molar-refractivity contribution in [3.8, 4) is 0 Å². The summed E-state index contributed by atoms with van der Waals surface area (Å²) in [5.41, 5.74) is 6.58. The van der Waals surface area contributed by atoms with Crippen LogP contribution in [0, 0.1) is 0 Å². The van der Waals surface area contributed by atoms with Crippen LogP contribution in [0.25, 0.3) is 0 Å². The van der Waals surface area contributed by atoms with Gasteiger partial charge in [0.1, 0.15) is 6.04 Å². The first-order valence-corrected chi connectivity index (χ1v) is 9.65. The number of primary amides is 1. The minimum absolute atomic E-state index is 0.226. The van der Waals surface area contributed by atoms with Gasteiger partial charge in [0, 0.05) is 12.2 Å². The van der Waals surface area contributed by atoms with Crippen LogP contribution in [0.1, 0.15) is 22.5 Å². The van der Waals surface area contributed by atoms with Crippen LogP contribution in [0.3, 0.4) is 0 Å². The molecule has 1 atom stereocenters. The quantitative estimate of drug-likeness (QED) is 0.520. The molecule has 8 nitrogen and oxygen atoms in total. The summed E-state index contributed by atoms with van der Waals surface area (Å²) in [6, 6.07) is 8.86. The van der Waals surface area contributed by atoms with Gasteiger partial charge in [-0.05, 0) is 48.3 Å². The summed E-state index contributed by atoms with van der Waals surface area (Å²) in [4.78, 5) is 35.2. The number of nitrogens with two attached hydrogens (primary N) is 1. The number of carbonyl (C=O) groups excluding carboxylic acids is 3. The summed E-state index contributed by atoms with van der Waals surface area (Å²) in [6.07, 6.45) is 3.85. The minimum atomic E-state index is -0.729. The molecule has 0 aliphatic rings. The number of thioether (sulfide) groups is 1. The number of amides is 4.